The van der Waals surface area contributed by atoms with Gasteiger partial charge in [0.2, 0.25) is 18.2 Å². The van der Waals surface area contributed by atoms with Crippen LogP contribution >= 0.6 is 23.2 Å². The van der Waals surface area contributed by atoms with Crippen molar-refractivity contribution < 1.29 is 33.9 Å². The van der Waals surface area contributed by atoms with Gasteiger partial charge in [-0.15, -0.1) is 20.4 Å². The number of anilines is 2. The maximum Gasteiger partial charge on any atom is 0.326 e. The predicted molar refractivity (Wildman–Crippen MR) is 262 cm³/mol. The van der Waals surface area contributed by atoms with Crippen LogP contribution in [0.15, 0.2) is 188 Å². The van der Waals surface area contributed by atoms with Crippen molar-refractivity contribution in [1.82, 2.24) is 15.5 Å². The van der Waals surface area contributed by atoms with E-state index in [2.05, 4.69) is 51.9 Å². The number of nitrogens with one attached hydrogen (secondary N) is 3. The van der Waals surface area contributed by atoms with Gasteiger partial charge in [-0.2, -0.15) is 10.2 Å². The Labute approximate surface area is 401 Å². The Morgan fingerprint density at radius 1 is 0.623 bits per heavy atom. The number of phenolic OH excluding ortho intramolecular Hbond substituents is 2. The molecule has 340 valence electrons. The van der Waals surface area contributed by atoms with Crippen LogP contribution in [-0.4, -0.2) is 38.7 Å². The quantitative estimate of drug-likeness (QED) is 0.0299. The van der Waals surface area contributed by atoms with Crippen molar-refractivity contribution in [3.8, 4) is 34.4 Å². The van der Waals surface area contributed by atoms with Gasteiger partial charge in [-0.05, 0) is 95.7 Å². The highest BCUT2D eigenvalue weighted by molar-refractivity contribution is 6.34. The average Bonchev–Trinajstić information content (AvgIpc) is 3.86. The lowest BCUT2D eigenvalue weighted by molar-refractivity contribution is 0.0964. The Morgan fingerprint density at radius 3 is 1.74 bits per heavy atom. The lowest BCUT2D eigenvalue weighted by Gasteiger charge is -2.11. The molecular formula is C50H34Cl2N10O7. The molecule has 0 bridgehead atoms. The number of aromatic nitrogens is 2. The van der Waals surface area contributed by atoms with Gasteiger partial charge >= 0.3 is 6.03 Å². The largest absolute Gasteiger partial charge is 0.505 e. The van der Waals surface area contributed by atoms with Gasteiger partial charge in [-0.25, -0.2) is 10.3 Å². The van der Waals surface area contributed by atoms with Crippen LogP contribution in [0.1, 0.15) is 15.9 Å². The fourth-order valence-corrected chi connectivity index (χ4v) is 7.23. The maximum atomic E-state index is 13.2. The molecule has 19 heteroatoms. The molecule has 5 N–H and O–H groups in total. The molecule has 1 aromatic heterocycles. The summed E-state index contributed by atoms with van der Waals surface area (Å²) in [6.07, 6.45) is 1.06. The number of amides is 3. The van der Waals surface area contributed by atoms with E-state index in [0.717, 1.165) is 11.8 Å². The number of fused-ring (bicyclic) bond motifs is 2. The molecule has 9 rings (SSSR count). The number of imide groups is 1. The lowest BCUT2D eigenvalue weighted by Crippen LogP contribution is -2.34. The van der Waals surface area contributed by atoms with Gasteiger partial charge in [-0.3, -0.25) is 10.1 Å². The third-order valence-electron chi connectivity index (χ3n) is 10.3. The fourth-order valence-electron chi connectivity index (χ4n) is 6.87. The van der Waals surface area contributed by atoms with Gasteiger partial charge in [0, 0.05) is 27.5 Å². The van der Waals surface area contributed by atoms with E-state index in [0.29, 0.717) is 60.6 Å². The van der Waals surface area contributed by atoms with Crippen molar-refractivity contribution in [3.63, 3.8) is 0 Å². The molecule has 0 spiro atoms. The van der Waals surface area contributed by atoms with E-state index in [4.69, 9.17) is 37.3 Å². The summed E-state index contributed by atoms with van der Waals surface area (Å²) in [5.74, 6) is -0.942. The van der Waals surface area contributed by atoms with Crippen LogP contribution in [-0.2, 0) is 16.3 Å². The third-order valence-corrected chi connectivity index (χ3v) is 10.9. The number of oxime groups is 1. The van der Waals surface area contributed by atoms with Gasteiger partial charge in [-0.1, -0.05) is 101 Å². The minimum absolute atomic E-state index is 0.0304. The first-order chi connectivity index (χ1) is 33.7. The zero-order chi connectivity index (χ0) is 47.7. The molecule has 0 aliphatic rings. The van der Waals surface area contributed by atoms with E-state index in [1.165, 1.54) is 6.07 Å². The summed E-state index contributed by atoms with van der Waals surface area (Å²) in [5.41, 5.74) is 6.19. The smallest absolute Gasteiger partial charge is 0.326 e. The molecule has 17 nitrogen and oxygen atoms in total. The normalized spacial score (nSPS) is 11.4. The van der Waals surface area contributed by atoms with E-state index in [1.54, 1.807) is 127 Å². The molecule has 0 unspecified atom stereocenters. The van der Waals surface area contributed by atoms with Crippen LogP contribution < -0.4 is 16.1 Å². The summed E-state index contributed by atoms with van der Waals surface area (Å²) in [7, 11) is 0. The van der Waals surface area contributed by atoms with Crippen LogP contribution in [0.25, 0.3) is 44.5 Å². The fraction of sp³-hybridized carbons (Fsp3) is 0.0200. The first-order valence-electron chi connectivity index (χ1n) is 20.7. The zero-order valence-corrected chi connectivity index (χ0v) is 37.1. The molecule has 0 aliphatic heterocycles. The van der Waals surface area contributed by atoms with Crippen molar-refractivity contribution in [1.29, 1.82) is 0 Å². The summed E-state index contributed by atoms with van der Waals surface area (Å²) in [5, 5.41) is 60.3. The van der Waals surface area contributed by atoms with E-state index >= 15 is 0 Å². The third kappa shape index (κ3) is 10.4. The van der Waals surface area contributed by atoms with Crippen LogP contribution in [0.3, 0.4) is 0 Å². The number of carbonyl (C=O) groups is 2. The van der Waals surface area contributed by atoms with Gasteiger partial charge < -0.3 is 29.6 Å². The maximum absolute atomic E-state index is 13.2. The number of aromatic hydroxyl groups is 2. The molecule has 8 aromatic carbocycles. The van der Waals surface area contributed by atoms with Gasteiger partial charge in [0.15, 0.2) is 5.75 Å². The molecule has 0 radical (unpaired) electrons. The molecule has 0 fully saturated rings. The number of azo groups is 2. The second-order valence-electron chi connectivity index (χ2n) is 14.8. The summed E-state index contributed by atoms with van der Waals surface area (Å²) in [6.45, 7) is -0.0837. The first kappa shape index (κ1) is 45.0. The standard InChI is InChI=1S/C50H34Cl2N10O7/c51-39-13-5-7-15-41(39)54-50(66)55-47(65)38-26-32-10-2-4-12-37(32)44(46(38)64)59-57-35-23-19-30(20-24-35)49-61-60-48(69-49)29-17-21-34(22-18-29)56-58-43-36-11-3-1-9-31(36)25-33(45(43)63)27-67-53-28-68-62-42-16-8-6-14-40(42)52/h1-26,28,62-64H,27H2,(H2,54,55,65,66)/b53-28+,58-56?,59-57?. The summed E-state index contributed by atoms with van der Waals surface area (Å²) in [4.78, 5) is 36.4. The van der Waals surface area contributed by atoms with E-state index < -0.39 is 17.7 Å². The number of rotatable bonds is 14. The minimum Gasteiger partial charge on any atom is -0.505 e. The van der Waals surface area contributed by atoms with Crippen LogP contribution in [0.2, 0.25) is 10.0 Å². The topological polar surface area (TPSA) is 230 Å². The number of halogens is 2. The number of carbonyl (C=O) groups excluding carboxylic acids is 2. The molecule has 0 saturated carbocycles. The van der Waals surface area contributed by atoms with Crippen molar-refractivity contribution in [2.45, 2.75) is 6.61 Å². The highest BCUT2D eigenvalue weighted by Gasteiger charge is 2.21. The van der Waals surface area contributed by atoms with Crippen molar-refractivity contribution in [2.75, 3.05) is 10.8 Å². The number of hydrogen-bond acceptors (Lipinski definition) is 15. The van der Waals surface area contributed by atoms with Crippen molar-refractivity contribution >= 4 is 97.2 Å². The first-order valence-corrected chi connectivity index (χ1v) is 21.5. The van der Waals surface area contributed by atoms with Crippen molar-refractivity contribution in [3.05, 3.63) is 179 Å². The highest BCUT2D eigenvalue weighted by atomic mass is 35.5. The minimum atomic E-state index is -0.862. The molecule has 9 aromatic rings. The Balaban J connectivity index is 0.850. The molecule has 1 heterocycles. The summed E-state index contributed by atoms with van der Waals surface area (Å²) < 4.78 is 6.01. The summed E-state index contributed by atoms with van der Waals surface area (Å²) >= 11 is 12.2. The molecular weight excluding hydrogens is 924 g/mol. The number of para-hydroxylation sites is 2. The highest BCUT2D eigenvalue weighted by Crippen LogP contribution is 2.41. The van der Waals surface area contributed by atoms with Crippen LogP contribution in [0.4, 0.5) is 38.9 Å². The Morgan fingerprint density at radius 2 is 1.14 bits per heavy atom. The molecule has 3 amide bonds. The number of phenols is 2. The number of benzene rings is 8. The molecule has 0 atom stereocenters. The predicted octanol–water partition coefficient (Wildman–Crippen LogP) is 13.7. The SMILES string of the molecule is O=C(NC(=O)c1cc2ccccc2c(N=Nc2ccc(-c3nnc(-c4ccc(N=Nc5c(O)c(CO/N=C/ONc6ccccc6Cl)cc6ccccc56)cc4)o3)cc2)c1O)Nc1ccccc1Cl. The summed E-state index contributed by atoms with van der Waals surface area (Å²) in [6, 6.07) is 44.2. The van der Waals surface area contributed by atoms with E-state index in [-0.39, 0.29) is 46.1 Å². The van der Waals surface area contributed by atoms with Gasteiger partial charge in [0.1, 0.15) is 23.7 Å². The number of hydrogen-bond donors (Lipinski definition) is 5. The second kappa shape index (κ2) is 20.5. The average molecular weight is 958 g/mol. The van der Waals surface area contributed by atoms with Crippen LogP contribution in [0, 0.1) is 0 Å². The van der Waals surface area contributed by atoms with Crippen molar-refractivity contribution in [2.24, 2.45) is 25.6 Å². The molecule has 0 saturated heterocycles. The second-order valence-corrected chi connectivity index (χ2v) is 15.6. The Bertz CT molecular complexity index is 3460. The molecule has 0 aliphatic carbocycles. The van der Waals surface area contributed by atoms with E-state index in [1.807, 2.05) is 24.3 Å². The number of nitrogens with zero attached hydrogens (tertiary/aromatic N) is 7. The zero-order valence-electron chi connectivity index (χ0n) is 35.6. The Kier molecular flexibility index (Phi) is 13.4. The van der Waals surface area contributed by atoms with E-state index in [9.17, 15) is 19.8 Å². The number of urea groups is 1. The van der Waals surface area contributed by atoms with Gasteiger partial charge in [0.05, 0.1) is 38.4 Å². The lowest BCUT2D eigenvalue weighted by atomic mass is 10.0. The molecule has 69 heavy (non-hydrogen) atoms. The Hall–Kier alpha value is -9.19. The van der Waals surface area contributed by atoms with Gasteiger partial charge in [0.25, 0.3) is 5.91 Å². The van der Waals surface area contributed by atoms with Crippen LogP contribution in [0.5, 0.6) is 11.5 Å². The monoisotopic (exact) mass is 956 g/mol.